The van der Waals surface area contributed by atoms with E-state index < -0.39 is 120 Å². The molecule has 12 atom stereocenters. The lowest BCUT2D eigenvalue weighted by atomic mass is 9.94. The van der Waals surface area contributed by atoms with Gasteiger partial charge in [-0.15, -0.1) is 0 Å². The van der Waals surface area contributed by atoms with Gasteiger partial charge in [-0.05, 0) is 0 Å². The van der Waals surface area contributed by atoms with E-state index >= 15 is 0 Å². The lowest BCUT2D eigenvalue weighted by molar-refractivity contribution is -0.301. The molecule has 2 fully saturated rings. The Morgan fingerprint density at radius 2 is 1.45 bits per heavy atom. The summed E-state index contributed by atoms with van der Waals surface area (Å²) in [6.07, 6.45) is -16.2. The van der Waals surface area contributed by atoms with Gasteiger partial charge >= 0.3 is 45.5 Å². The van der Waals surface area contributed by atoms with E-state index in [-0.39, 0.29) is 17.0 Å². The molecule has 28 heteroatoms. The number of phosphoric acid groups is 2. The van der Waals surface area contributed by atoms with E-state index in [0.717, 1.165) is 40.9 Å². The molecule has 0 aromatic carbocycles. The predicted octanol–water partition coefficient (Wildman–Crippen LogP) is -1.71. The molecule has 2 aromatic rings. The van der Waals surface area contributed by atoms with E-state index in [1.165, 1.54) is 10.9 Å². The van der Waals surface area contributed by atoms with Crippen LogP contribution < -0.4 is 5.73 Å². The number of anilines is 1. The molecule has 2 aliphatic heterocycles. The van der Waals surface area contributed by atoms with Crippen molar-refractivity contribution in [2.24, 2.45) is 0 Å². The van der Waals surface area contributed by atoms with E-state index in [1.807, 2.05) is 0 Å². The molecule has 0 bridgehead atoms. The molecule has 306 valence electrons. The molecule has 0 spiro atoms. The molecule has 4 heterocycles. The maximum atomic E-state index is 13.2. The number of aliphatic hydroxyl groups excluding tert-OH is 2. The van der Waals surface area contributed by atoms with Crippen molar-refractivity contribution in [3.8, 4) is 0 Å². The van der Waals surface area contributed by atoms with Crippen LogP contribution in [-0.2, 0) is 79.6 Å². The Balaban J connectivity index is 1.57. The maximum Gasteiger partial charge on any atom is 0.483 e. The van der Waals surface area contributed by atoms with E-state index in [1.54, 1.807) is 0 Å². The SMILES string of the molecule is CC(=O)OC[C@H](OC(C)=O)[C@H]1O[C@H](OP(=O)(O)OP(=O)(O)OC[C@H]2O[C@@H](n3cnc4c(N)ncnc43)[C@H](O)[C@@H]2O)[C@@H](OC(C)=O)[C@@H](OC(C)=O)[C@@H]1OC(C)=O. The Bertz CT molecular complexity index is 1860. The second-order valence-electron chi connectivity index (χ2n) is 11.7. The van der Waals surface area contributed by atoms with E-state index in [4.69, 9.17) is 47.9 Å². The molecule has 2 aromatic heterocycles. The van der Waals surface area contributed by atoms with Gasteiger partial charge in [-0.1, -0.05) is 0 Å². The fourth-order valence-electron chi connectivity index (χ4n) is 5.42. The smallest absolute Gasteiger partial charge is 0.462 e. The average molecular weight is 830 g/mol. The van der Waals surface area contributed by atoms with Crippen LogP contribution in [-0.4, -0.2) is 138 Å². The van der Waals surface area contributed by atoms with Crippen LogP contribution in [0.25, 0.3) is 11.2 Å². The summed E-state index contributed by atoms with van der Waals surface area (Å²) in [4.78, 5) is 92.9. The van der Waals surface area contributed by atoms with E-state index in [0.29, 0.717) is 0 Å². The Labute approximate surface area is 309 Å². The summed E-state index contributed by atoms with van der Waals surface area (Å²) in [5, 5.41) is 21.2. The average Bonchev–Trinajstić information content (AvgIpc) is 3.60. The Morgan fingerprint density at radius 3 is 2.05 bits per heavy atom. The number of carbonyl (C=O) groups is 5. The largest absolute Gasteiger partial charge is 0.483 e. The third-order valence-electron chi connectivity index (χ3n) is 7.42. The minimum atomic E-state index is -5.95. The van der Waals surface area contributed by atoms with Gasteiger partial charge < -0.3 is 58.9 Å². The Morgan fingerprint density at radius 1 is 0.836 bits per heavy atom. The maximum absolute atomic E-state index is 13.2. The highest BCUT2D eigenvalue weighted by Gasteiger charge is 2.57. The summed E-state index contributed by atoms with van der Waals surface area (Å²) in [7, 11) is -11.7. The second kappa shape index (κ2) is 17.7. The van der Waals surface area contributed by atoms with Gasteiger partial charge in [-0.25, -0.2) is 24.1 Å². The lowest BCUT2D eigenvalue weighted by Crippen LogP contribution is -2.65. The van der Waals surface area contributed by atoms with Gasteiger partial charge in [0, 0.05) is 34.6 Å². The minimum Gasteiger partial charge on any atom is -0.462 e. The van der Waals surface area contributed by atoms with Crippen molar-refractivity contribution in [1.29, 1.82) is 0 Å². The fourth-order valence-corrected chi connectivity index (χ4v) is 7.58. The molecular weight excluding hydrogens is 792 g/mol. The lowest BCUT2D eigenvalue weighted by Gasteiger charge is -2.45. The van der Waals surface area contributed by atoms with E-state index in [9.17, 15) is 53.1 Å². The predicted molar refractivity (Wildman–Crippen MR) is 171 cm³/mol. The quantitative estimate of drug-likeness (QED) is 0.0758. The van der Waals surface area contributed by atoms with Gasteiger partial charge in [-0.3, -0.25) is 37.6 Å². The third kappa shape index (κ3) is 11.2. The number of aromatic nitrogens is 4. The number of phosphoric ester groups is 2. The molecule has 2 aliphatic rings. The number of nitrogen functional groups attached to an aromatic ring is 1. The number of imidazole rings is 1. The summed E-state index contributed by atoms with van der Waals surface area (Å²) in [6, 6.07) is 0. The number of fused-ring (bicyclic) bond motifs is 1. The van der Waals surface area contributed by atoms with Crippen molar-refractivity contribution in [3.05, 3.63) is 12.7 Å². The highest BCUT2D eigenvalue weighted by molar-refractivity contribution is 7.61. The number of hydrogen-bond donors (Lipinski definition) is 5. The van der Waals surface area contributed by atoms with Crippen LogP contribution in [0.5, 0.6) is 0 Å². The Kier molecular flexibility index (Phi) is 14.0. The first-order valence-corrected chi connectivity index (χ1v) is 18.7. The van der Waals surface area contributed by atoms with Crippen LogP contribution >= 0.6 is 15.6 Å². The van der Waals surface area contributed by atoms with Crippen LogP contribution in [0.1, 0.15) is 40.8 Å². The zero-order chi connectivity index (χ0) is 41.0. The Hall–Kier alpha value is -4.20. The molecule has 2 unspecified atom stereocenters. The number of aliphatic hydroxyl groups is 2. The van der Waals surface area contributed by atoms with Gasteiger partial charge in [0.15, 0.2) is 42.1 Å². The molecule has 4 rings (SSSR count). The number of nitrogens with two attached hydrogens (primary N) is 1. The summed E-state index contributed by atoms with van der Waals surface area (Å²) < 4.78 is 78.4. The zero-order valence-corrected chi connectivity index (χ0v) is 31.1. The molecule has 0 saturated carbocycles. The summed E-state index contributed by atoms with van der Waals surface area (Å²) in [5.74, 6) is -5.18. The van der Waals surface area contributed by atoms with Gasteiger partial charge in [0.05, 0.1) is 12.9 Å². The first kappa shape index (κ1) is 43.5. The molecule has 0 radical (unpaired) electrons. The summed E-state index contributed by atoms with van der Waals surface area (Å²) in [5.41, 5.74) is 6.00. The minimum absolute atomic E-state index is 0.00339. The van der Waals surface area contributed by atoms with Crippen molar-refractivity contribution < 1.29 is 99.6 Å². The summed E-state index contributed by atoms with van der Waals surface area (Å²) >= 11 is 0. The summed E-state index contributed by atoms with van der Waals surface area (Å²) in [6.45, 7) is 2.71. The molecule has 2 saturated heterocycles. The zero-order valence-electron chi connectivity index (χ0n) is 29.3. The highest BCUT2D eigenvalue weighted by Crippen LogP contribution is 2.61. The van der Waals surface area contributed by atoms with Crippen molar-refractivity contribution in [2.45, 2.75) is 96.0 Å². The molecule has 0 amide bonds. The van der Waals surface area contributed by atoms with Gasteiger partial charge in [0.1, 0.15) is 42.9 Å². The number of rotatable bonds is 15. The van der Waals surface area contributed by atoms with Crippen LogP contribution in [0, 0.1) is 0 Å². The number of carbonyl (C=O) groups excluding carboxylic acids is 5. The standard InChI is InChI=1S/C27H37N5O21P2/c1-10(33)44-6-16(46-11(2)34)20-21(47-12(3)35)22(48-13(4)36)23(49-14(5)37)27(51-20)52-55(42,43)53-54(40,41)45-7-15-18(38)19(39)26(50-15)32-9-31-17-24(28)29-8-30-25(17)32/h8-9,15-16,18-23,26-27,38-39H,6-7H2,1-5H3,(H,40,41)(H,42,43)(H2,28,29,30)/t15-,16+,18-,19-,20-,21-,22+,23+,26-,27-/m1/s1. The molecule has 55 heavy (non-hydrogen) atoms. The van der Waals surface area contributed by atoms with Crippen molar-refractivity contribution >= 4 is 62.5 Å². The molecular formula is C27H37N5O21P2. The van der Waals surface area contributed by atoms with Crippen molar-refractivity contribution in [3.63, 3.8) is 0 Å². The third-order valence-corrected chi connectivity index (χ3v) is 10.0. The number of ether oxygens (including phenoxy) is 7. The normalized spacial score (nSPS) is 29.3. The number of hydrogen-bond acceptors (Lipinski definition) is 23. The monoisotopic (exact) mass is 829 g/mol. The molecule has 26 nitrogen and oxygen atoms in total. The van der Waals surface area contributed by atoms with Gasteiger partial charge in [0.2, 0.25) is 6.29 Å². The topological polar surface area (TPSA) is 362 Å². The van der Waals surface area contributed by atoms with Crippen molar-refractivity contribution in [1.82, 2.24) is 19.5 Å². The van der Waals surface area contributed by atoms with Crippen LogP contribution in [0.3, 0.4) is 0 Å². The number of nitrogens with zero attached hydrogens (tertiary/aromatic N) is 4. The van der Waals surface area contributed by atoms with Crippen molar-refractivity contribution in [2.75, 3.05) is 18.9 Å². The highest BCUT2D eigenvalue weighted by atomic mass is 31.3. The second-order valence-corrected chi connectivity index (χ2v) is 14.7. The van der Waals surface area contributed by atoms with Gasteiger partial charge in [-0.2, -0.15) is 4.31 Å². The number of esters is 5. The molecule has 6 N–H and O–H groups in total. The van der Waals surface area contributed by atoms with Gasteiger partial charge in [0.25, 0.3) is 0 Å². The fraction of sp³-hybridized carbons (Fsp3) is 0.630. The first-order chi connectivity index (χ1) is 25.6. The van der Waals surface area contributed by atoms with Crippen LogP contribution in [0.2, 0.25) is 0 Å². The van der Waals surface area contributed by atoms with Crippen LogP contribution in [0.4, 0.5) is 5.82 Å². The van der Waals surface area contributed by atoms with E-state index in [2.05, 4.69) is 19.3 Å². The molecule has 0 aliphatic carbocycles. The van der Waals surface area contributed by atoms with Crippen LogP contribution in [0.15, 0.2) is 12.7 Å². The first-order valence-electron chi connectivity index (χ1n) is 15.7.